The number of carbonyl (C=O) groups excluding carboxylic acids is 1. The van der Waals surface area contributed by atoms with E-state index in [9.17, 15) is 13.2 Å². The summed E-state index contributed by atoms with van der Waals surface area (Å²) in [6.45, 7) is 7.66. The number of rotatable bonds is 6. The standard InChI is InChI=1S/C26H26N2O3S2/c1-17(2)33(30,31)22-12-8-11-21(15-22)25(29)28(16-20-9-6-5-7-10-20)26-27-24-19(4)13-18(3)14-23(24)32-26/h5-15,17H,16H2,1-4H3. The molecule has 0 bridgehead atoms. The lowest BCUT2D eigenvalue weighted by molar-refractivity contribution is 0.0985. The van der Waals surface area contributed by atoms with Gasteiger partial charge >= 0.3 is 0 Å². The Morgan fingerprint density at radius 2 is 1.73 bits per heavy atom. The van der Waals surface area contributed by atoms with Crippen LogP contribution in [0.15, 0.2) is 71.6 Å². The maximum Gasteiger partial charge on any atom is 0.260 e. The molecule has 0 aliphatic rings. The van der Waals surface area contributed by atoms with Crippen molar-refractivity contribution in [1.82, 2.24) is 4.98 Å². The van der Waals surface area contributed by atoms with Gasteiger partial charge in [0.1, 0.15) is 0 Å². The molecule has 0 aliphatic heterocycles. The Bertz CT molecular complexity index is 1420. The van der Waals surface area contributed by atoms with Gasteiger partial charge in [-0.1, -0.05) is 53.8 Å². The van der Waals surface area contributed by atoms with Gasteiger partial charge in [-0.3, -0.25) is 9.69 Å². The molecular formula is C26H26N2O3S2. The zero-order valence-electron chi connectivity index (χ0n) is 19.1. The molecule has 1 amide bonds. The molecule has 33 heavy (non-hydrogen) atoms. The molecule has 4 aromatic rings. The second-order valence-corrected chi connectivity index (χ2v) is 11.9. The van der Waals surface area contributed by atoms with E-state index in [0.717, 1.165) is 26.9 Å². The van der Waals surface area contributed by atoms with Gasteiger partial charge in [-0.05, 0) is 68.7 Å². The lowest BCUT2D eigenvalue weighted by atomic mass is 10.1. The molecule has 3 aromatic carbocycles. The molecule has 0 radical (unpaired) electrons. The second kappa shape index (κ2) is 9.08. The third-order valence-electron chi connectivity index (χ3n) is 5.51. The summed E-state index contributed by atoms with van der Waals surface area (Å²) in [5.74, 6) is -0.284. The predicted molar refractivity (Wildman–Crippen MR) is 135 cm³/mol. The van der Waals surface area contributed by atoms with Gasteiger partial charge in [0.05, 0.1) is 26.9 Å². The van der Waals surface area contributed by atoms with Crippen LogP contribution >= 0.6 is 11.3 Å². The van der Waals surface area contributed by atoms with Gasteiger partial charge in [0.25, 0.3) is 5.91 Å². The lowest BCUT2D eigenvalue weighted by Crippen LogP contribution is -2.30. The van der Waals surface area contributed by atoms with Crippen molar-refractivity contribution in [2.24, 2.45) is 0 Å². The molecule has 1 aromatic heterocycles. The van der Waals surface area contributed by atoms with Crippen molar-refractivity contribution in [2.45, 2.75) is 44.4 Å². The van der Waals surface area contributed by atoms with Crippen molar-refractivity contribution >= 4 is 42.4 Å². The maximum absolute atomic E-state index is 13.7. The molecule has 0 atom stereocenters. The molecule has 4 rings (SSSR count). The van der Waals surface area contributed by atoms with Crippen LogP contribution in [0.3, 0.4) is 0 Å². The van der Waals surface area contributed by atoms with Crippen molar-refractivity contribution in [3.05, 3.63) is 89.0 Å². The zero-order valence-corrected chi connectivity index (χ0v) is 20.7. The Kier molecular flexibility index (Phi) is 6.36. The first-order chi connectivity index (χ1) is 15.7. The van der Waals surface area contributed by atoms with E-state index in [2.05, 4.69) is 12.1 Å². The average Bonchev–Trinajstić information content (AvgIpc) is 3.22. The van der Waals surface area contributed by atoms with Crippen molar-refractivity contribution in [3.8, 4) is 0 Å². The highest BCUT2D eigenvalue weighted by Crippen LogP contribution is 2.33. The summed E-state index contributed by atoms with van der Waals surface area (Å²) in [5.41, 5.74) is 4.36. The minimum Gasteiger partial charge on any atom is -0.279 e. The number of aromatic nitrogens is 1. The second-order valence-electron chi connectivity index (χ2n) is 8.42. The Morgan fingerprint density at radius 3 is 2.42 bits per heavy atom. The molecule has 7 heteroatoms. The number of sulfone groups is 1. The number of benzene rings is 3. The molecular weight excluding hydrogens is 452 g/mol. The minimum absolute atomic E-state index is 0.152. The lowest BCUT2D eigenvalue weighted by Gasteiger charge is -2.20. The molecule has 0 aliphatic carbocycles. The number of anilines is 1. The first-order valence-electron chi connectivity index (χ1n) is 10.7. The van der Waals surface area contributed by atoms with E-state index in [1.807, 2.05) is 44.2 Å². The molecule has 0 saturated carbocycles. The number of fused-ring (bicyclic) bond motifs is 1. The third-order valence-corrected chi connectivity index (χ3v) is 8.69. The van der Waals surface area contributed by atoms with Gasteiger partial charge in [0.15, 0.2) is 15.0 Å². The molecule has 5 nitrogen and oxygen atoms in total. The fourth-order valence-corrected chi connectivity index (χ4v) is 5.94. The summed E-state index contributed by atoms with van der Waals surface area (Å²) in [6.07, 6.45) is 0. The Labute approximate surface area is 198 Å². The van der Waals surface area contributed by atoms with Crippen LogP contribution in [0.4, 0.5) is 5.13 Å². The summed E-state index contributed by atoms with van der Waals surface area (Å²) >= 11 is 1.47. The van der Waals surface area contributed by atoms with E-state index in [1.165, 1.54) is 23.5 Å². The summed E-state index contributed by atoms with van der Waals surface area (Å²) in [5, 5.41) is 0.0171. The van der Waals surface area contributed by atoms with Crippen LogP contribution in [0.5, 0.6) is 0 Å². The first-order valence-corrected chi connectivity index (χ1v) is 13.1. The fourth-order valence-electron chi connectivity index (χ4n) is 3.70. The van der Waals surface area contributed by atoms with Crippen LogP contribution in [0.1, 0.15) is 40.9 Å². The number of aryl methyl sites for hydroxylation is 2. The number of hydrogen-bond acceptors (Lipinski definition) is 5. The molecule has 0 spiro atoms. The fraction of sp³-hybridized carbons (Fsp3) is 0.231. The molecule has 170 valence electrons. The van der Waals surface area contributed by atoms with Crippen LogP contribution in [0.25, 0.3) is 10.2 Å². The van der Waals surface area contributed by atoms with E-state index in [1.54, 1.807) is 30.9 Å². The van der Waals surface area contributed by atoms with E-state index >= 15 is 0 Å². The molecule has 0 unspecified atom stereocenters. The van der Waals surface area contributed by atoms with Crippen molar-refractivity contribution in [1.29, 1.82) is 0 Å². The molecule has 0 fully saturated rings. The first kappa shape index (κ1) is 23.1. The van der Waals surface area contributed by atoms with Crippen LogP contribution in [0.2, 0.25) is 0 Å². The van der Waals surface area contributed by atoms with Gasteiger partial charge in [0, 0.05) is 5.56 Å². The van der Waals surface area contributed by atoms with Gasteiger partial charge in [-0.25, -0.2) is 13.4 Å². The van der Waals surface area contributed by atoms with Crippen LogP contribution in [-0.4, -0.2) is 24.6 Å². The Hall–Kier alpha value is -3.03. The van der Waals surface area contributed by atoms with Crippen molar-refractivity contribution < 1.29 is 13.2 Å². The van der Waals surface area contributed by atoms with E-state index in [0.29, 0.717) is 17.2 Å². The van der Waals surface area contributed by atoms with Crippen LogP contribution in [0, 0.1) is 13.8 Å². The third kappa shape index (κ3) is 4.70. The van der Waals surface area contributed by atoms with Crippen LogP contribution in [-0.2, 0) is 16.4 Å². The van der Waals surface area contributed by atoms with Gasteiger partial charge in [0.2, 0.25) is 0 Å². The van der Waals surface area contributed by atoms with Crippen molar-refractivity contribution in [2.75, 3.05) is 4.90 Å². The predicted octanol–water partition coefficient (Wildman–Crippen LogP) is 5.94. The molecule has 0 N–H and O–H groups in total. The quantitative estimate of drug-likeness (QED) is 0.344. The highest BCUT2D eigenvalue weighted by atomic mass is 32.2. The minimum atomic E-state index is -3.50. The zero-order chi connectivity index (χ0) is 23.8. The van der Waals surface area contributed by atoms with Gasteiger partial charge < -0.3 is 0 Å². The average molecular weight is 479 g/mol. The normalized spacial score (nSPS) is 11.8. The largest absolute Gasteiger partial charge is 0.279 e. The Morgan fingerprint density at radius 1 is 1.00 bits per heavy atom. The smallest absolute Gasteiger partial charge is 0.260 e. The number of thiazole rings is 1. The van der Waals surface area contributed by atoms with Crippen LogP contribution < -0.4 is 4.90 Å². The monoisotopic (exact) mass is 478 g/mol. The van der Waals surface area contributed by atoms with E-state index in [4.69, 9.17) is 4.98 Å². The summed E-state index contributed by atoms with van der Waals surface area (Å²) in [4.78, 5) is 20.3. The summed E-state index contributed by atoms with van der Waals surface area (Å²) < 4.78 is 26.4. The molecule has 1 heterocycles. The number of nitrogens with zero attached hydrogens (tertiary/aromatic N) is 2. The Balaban J connectivity index is 1.81. The SMILES string of the molecule is Cc1cc(C)c2nc(N(Cc3ccccc3)C(=O)c3cccc(S(=O)(=O)C(C)C)c3)sc2c1. The van der Waals surface area contributed by atoms with Crippen molar-refractivity contribution in [3.63, 3.8) is 0 Å². The van der Waals surface area contributed by atoms with Gasteiger partial charge in [-0.2, -0.15) is 0 Å². The highest BCUT2D eigenvalue weighted by molar-refractivity contribution is 7.92. The maximum atomic E-state index is 13.7. The number of carbonyl (C=O) groups is 1. The van der Waals surface area contributed by atoms with E-state index in [-0.39, 0.29) is 10.8 Å². The highest BCUT2D eigenvalue weighted by Gasteiger charge is 2.25. The van der Waals surface area contributed by atoms with E-state index < -0.39 is 15.1 Å². The number of hydrogen-bond donors (Lipinski definition) is 0. The summed E-state index contributed by atoms with van der Waals surface area (Å²) in [6, 6.07) is 20.2. The topological polar surface area (TPSA) is 67.3 Å². The number of amides is 1. The summed E-state index contributed by atoms with van der Waals surface area (Å²) in [7, 11) is -3.50. The van der Waals surface area contributed by atoms with Gasteiger partial charge in [-0.15, -0.1) is 0 Å². The molecule has 0 saturated heterocycles.